The summed E-state index contributed by atoms with van der Waals surface area (Å²) in [6.07, 6.45) is 0. The third-order valence-corrected chi connectivity index (χ3v) is 3.30. The molecule has 0 atom stereocenters. The van der Waals surface area contributed by atoms with Crippen molar-refractivity contribution in [2.75, 3.05) is 12.8 Å². The van der Waals surface area contributed by atoms with Crippen molar-refractivity contribution in [3.8, 4) is 5.69 Å². The first kappa shape index (κ1) is 13.4. The monoisotopic (exact) mass is 261 g/mol. The number of anilines is 1. The number of rotatable bonds is 3. The molecule has 0 aliphatic rings. The third kappa shape index (κ3) is 2.17. The van der Waals surface area contributed by atoms with Gasteiger partial charge in [-0.25, -0.2) is 4.68 Å². The molecule has 0 bridgehead atoms. The van der Waals surface area contributed by atoms with Gasteiger partial charge in [0.05, 0.1) is 18.0 Å². The van der Waals surface area contributed by atoms with Gasteiger partial charge >= 0.3 is 0 Å². The summed E-state index contributed by atoms with van der Waals surface area (Å²) in [7, 11) is 3.40. The molecule has 1 aromatic carbocycles. The SMILES string of the molecule is COCc1c(N)c(=O)n(-c2cc(C)ccc2C)n1C. The molecule has 1 heterocycles. The molecule has 1 aromatic heterocycles. The molecule has 0 radical (unpaired) electrons. The van der Waals surface area contributed by atoms with E-state index in [1.807, 2.05) is 39.1 Å². The molecule has 0 aliphatic heterocycles. The number of hydrogen-bond donors (Lipinski definition) is 1. The fourth-order valence-electron chi connectivity index (χ4n) is 2.20. The molecular formula is C14H19N3O2. The maximum Gasteiger partial charge on any atom is 0.294 e. The van der Waals surface area contributed by atoms with Crippen molar-refractivity contribution >= 4 is 5.69 Å². The van der Waals surface area contributed by atoms with Crippen molar-refractivity contribution in [3.63, 3.8) is 0 Å². The minimum atomic E-state index is -0.205. The maximum atomic E-state index is 12.3. The van der Waals surface area contributed by atoms with Gasteiger partial charge in [0.25, 0.3) is 5.56 Å². The Morgan fingerprint density at radius 1 is 1.32 bits per heavy atom. The first-order valence-corrected chi connectivity index (χ1v) is 6.10. The number of benzene rings is 1. The van der Waals surface area contributed by atoms with Gasteiger partial charge in [-0.2, -0.15) is 0 Å². The van der Waals surface area contributed by atoms with Crippen LogP contribution in [0.3, 0.4) is 0 Å². The van der Waals surface area contributed by atoms with E-state index in [9.17, 15) is 4.79 Å². The second kappa shape index (κ2) is 4.93. The van der Waals surface area contributed by atoms with Gasteiger partial charge < -0.3 is 10.5 Å². The van der Waals surface area contributed by atoms with Crippen LogP contribution in [0.15, 0.2) is 23.0 Å². The van der Waals surface area contributed by atoms with Crippen molar-refractivity contribution in [3.05, 3.63) is 45.4 Å². The average Bonchev–Trinajstić information content (AvgIpc) is 2.57. The Kier molecular flexibility index (Phi) is 3.48. The van der Waals surface area contributed by atoms with Gasteiger partial charge in [-0.15, -0.1) is 0 Å². The molecule has 5 heteroatoms. The number of methoxy groups -OCH3 is 1. The lowest BCUT2D eigenvalue weighted by Crippen LogP contribution is -2.21. The lowest BCUT2D eigenvalue weighted by molar-refractivity contribution is 0.177. The third-order valence-electron chi connectivity index (χ3n) is 3.30. The van der Waals surface area contributed by atoms with Crippen molar-refractivity contribution in [2.45, 2.75) is 20.5 Å². The van der Waals surface area contributed by atoms with Crippen LogP contribution in [-0.4, -0.2) is 16.5 Å². The highest BCUT2D eigenvalue weighted by Gasteiger charge is 2.17. The van der Waals surface area contributed by atoms with Crippen molar-refractivity contribution in [1.82, 2.24) is 9.36 Å². The lowest BCUT2D eigenvalue weighted by Gasteiger charge is -2.12. The van der Waals surface area contributed by atoms with Gasteiger partial charge in [-0.05, 0) is 31.0 Å². The molecular weight excluding hydrogens is 242 g/mol. The molecule has 0 fully saturated rings. The standard InChI is InChI=1S/C14H19N3O2/c1-9-5-6-10(2)11(7-9)17-14(18)13(15)12(8-19-4)16(17)3/h5-7H,8,15H2,1-4H3. The minimum Gasteiger partial charge on any atom is -0.393 e. The van der Waals surface area contributed by atoms with E-state index in [0.717, 1.165) is 16.8 Å². The topological polar surface area (TPSA) is 62.2 Å². The Morgan fingerprint density at radius 3 is 2.63 bits per heavy atom. The Labute approximate surface area is 112 Å². The number of nitrogens with two attached hydrogens (primary N) is 1. The molecule has 2 N–H and O–H groups in total. The van der Waals surface area contributed by atoms with Gasteiger partial charge in [0.15, 0.2) is 0 Å². The number of aromatic nitrogens is 2. The van der Waals surface area contributed by atoms with Crippen LogP contribution in [0.1, 0.15) is 16.8 Å². The van der Waals surface area contributed by atoms with Crippen LogP contribution in [-0.2, 0) is 18.4 Å². The van der Waals surface area contributed by atoms with Gasteiger partial charge in [-0.3, -0.25) is 9.48 Å². The predicted molar refractivity (Wildman–Crippen MR) is 75.6 cm³/mol. The second-order valence-corrected chi connectivity index (χ2v) is 4.72. The van der Waals surface area contributed by atoms with E-state index in [4.69, 9.17) is 10.5 Å². The molecule has 0 aliphatic carbocycles. The highest BCUT2D eigenvalue weighted by atomic mass is 16.5. The zero-order chi connectivity index (χ0) is 14.2. The van der Waals surface area contributed by atoms with Crippen molar-refractivity contribution < 1.29 is 4.74 Å². The zero-order valence-corrected chi connectivity index (χ0v) is 11.7. The van der Waals surface area contributed by atoms with Crippen molar-refractivity contribution in [2.24, 2.45) is 7.05 Å². The summed E-state index contributed by atoms with van der Waals surface area (Å²) < 4.78 is 8.44. The molecule has 0 saturated carbocycles. The molecule has 0 unspecified atom stereocenters. The van der Waals surface area contributed by atoms with Crippen LogP contribution >= 0.6 is 0 Å². The molecule has 0 saturated heterocycles. The largest absolute Gasteiger partial charge is 0.393 e. The molecule has 0 spiro atoms. The Bertz CT molecular complexity index is 668. The second-order valence-electron chi connectivity index (χ2n) is 4.72. The van der Waals surface area contributed by atoms with Gasteiger partial charge in [0, 0.05) is 14.2 Å². The number of ether oxygens (including phenoxy) is 1. The molecule has 102 valence electrons. The number of nitrogens with zero attached hydrogens (tertiary/aromatic N) is 2. The van der Waals surface area contributed by atoms with Crippen molar-refractivity contribution in [1.29, 1.82) is 0 Å². The van der Waals surface area contributed by atoms with Gasteiger partial charge in [0.2, 0.25) is 0 Å². The Morgan fingerprint density at radius 2 is 2.00 bits per heavy atom. The van der Waals surface area contributed by atoms with Crippen LogP contribution in [0.25, 0.3) is 5.69 Å². The number of aryl methyl sites for hydroxylation is 2. The van der Waals surface area contributed by atoms with E-state index in [1.54, 1.807) is 16.5 Å². The van der Waals surface area contributed by atoms with Crippen LogP contribution in [0.5, 0.6) is 0 Å². The fourth-order valence-corrected chi connectivity index (χ4v) is 2.20. The van der Waals surface area contributed by atoms with E-state index < -0.39 is 0 Å². The smallest absolute Gasteiger partial charge is 0.294 e. The molecule has 2 aromatic rings. The fraction of sp³-hybridized carbons (Fsp3) is 0.357. The Hall–Kier alpha value is -2.01. The van der Waals surface area contributed by atoms with Crippen LogP contribution in [0.2, 0.25) is 0 Å². The highest BCUT2D eigenvalue weighted by molar-refractivity contribution is 5.48. The molecule has 2 rings (SSSR count). The lowest BCUT2D eigenvalue weighted by atomic mass is 10.1. The minimum absolute atomic E-state index is 0.205. The van der Waals surface area contributed by atoms with Gasteiger partial charge in [-0.1, -0.05) is 12.1 Å². The first-order valence-electron chi connectivity index (χ1n) is 6.10. The summed E-state index contributed by atoms with van der Waals surface area (Å²) in [5.41, 5.74) is 9.58. The average molecular weight is 261 g/mol. The summed E-state index contributed by atoms with van der Waals surface area (Å²) in [5.74, 6) is 0. The predicted octanol–water partition coefficient (Wildman–Crippen LogP) is 1.52. The van der Waals surface area contributed by atoms with Crippen LogP contribution < -0.4 is 11.3 Å². The summed E-state index contributed by atoms with van der Waals surface area (Å²) in [6.45, 7) is 4.28. The summed E-state index contributed by atoms with van der Waals surface area (Å²) in [6, 6.07) is 6.00. The highest BCUT2D eigenvalue weighted by Crippen LogP contribution is 2.17. The summed E-state index contributed by atoms with van der Waals surface area (Å²) in [5, 5.41) is 0. The van der Waals surface area contributed by atoms with Gasteiger partial charge in [0.1, 0.15) is 5.69 Å². The molecule has 5 nitrogen and oxygen atoms in total. The molecule has 0 amide bonds. The van der Waals surface area contributed by atoms with E-state index >= 15 is 0 Å². The van der Waals surface area contributed by atoms with E-state index in [2.05, 4.69) is 0 Å². The quantitative estimate of drug-likeness (QED) is 0.911. The first-order chi connectivity index (χ1) is 8.97. The summed E-state index contributed by atoms with van der Waals surface area (Å²) >= 11 is 0. The van der Waals surface area contributed by atoms with Crippen LogP contribution in [0.4, 0.5) is 5.69 Å². The Balaban J connectivity index is 2.73. The number of nitrogen functional groups attached to an aromatic ring is 1. The number of hydrogen-bond acceptors (Lipinski definition) is 3. The maximum absolute atomic E-state index is 12.3. The van der Waals surface area contributed by atoms with E-state index in [-0.39, 0.29) is 11.2 Å². The molecule has 19 heavy (non-hydrogen) atoms. The van der Waals surface area contributed by atoms with E-state index in [0.29, 0.717) is 12.3 Å². The summed E-state index contributed by atoms with van der Waals surface area (Å²) in [4.78, 5) is 12.3. The zero-order valence-electron chi connectivity index (χ0n) is 11.7. The van der Waals surface area contributed by atoms with E-state index in [1.165, 1.54) is 0 Å². The van der Waals surface area contributed by atoms with Crippen LogP contribution in [0, 0.1) is 13.8 Å². The normalized spacial score (nSPS) is 10.9.